The van der Waals surface area contributed by atoms with Crippen LogP contribution in [0.25, 0.3) is 0 Å². The van der Waals surface area contributed by atoms with Crippen molar-refractivity contribution in [2.45, 2.75) is 11.3 Å². The third kappa shape index (κ3) is 5.54. The molecule has 2 N–H and O–H groups in total. The lowest BCUT2D eigenvalue weighted by molar-refractivity contribution is -0.123. The summed E-state index contributed by atoms with van der Waals surface area (Å²) in [5, 5.41) is 5.11. The summed E-state index contributed by atoms with van der Waals surface area (Å²) in [6.45, 7) is -0.229. The van der Waals surface area contributed by atoms with Gasteiger partial charge in [0.2, 0.25) is 21.8 Å². The van der Waals surface area contributed by atoms with Crippen molar-refractivity contribution in [1.82, 2.24) is 9.62 Å². The van der Waals surface area contributed by atoms with Crippen molar-refractivity contribution in [1.29, 1.82) is 0 Å². The number of nitrogens with zero attached hydrogens (tertiary/aromatic N) is 1. The van der Waals surface area contributed by atoms with Gasteiger partial charge in [0.1, 0.15) is 10.6 Å². The van der Waals surface area contributed by atoms with Crippen LogP contribution in [0.3, 0.4) is 0 Å². The number of methoxy groups -OCH3 is 1. The molecule has 2 amide bonds. The normalized spacial score (nSPS) is 11.1. The van der Waals surface area contributed by atoms with E-state index in [1.165, 1.54) is 39.4 Å². The van der Waals surface area contributed by atoms with Gasteiger partial charge in [0.15, 0.2) is 0 Å². The van der Waals surface area contributed by atoms with Gasteiger partial charge >= 0.3 is 0 Å². The highest BCUT2D eigenvalue weighted by molar-refractivity contribution is 7.89. The Hall–Kier alpha value is -2.91. The maximum Gasteiger partial charge on any atom is 0.246 e. The second kappa shape index (κ2) is 9.34. The van der Waals surface area contributed by atoms with Gasteiger partial charge in [-0.1, -0.05) is 30.3 Å². The van der Waals surface area contributed by atoms with Gasteiger partial charge < -0.3 is 15.4 Å². The molecule has 9 heteroatoms. The summed E-state index contributed by atoms with van der Waals surface area (Å²) in [5.41, 5.74) is 1.12. The van der Waals surface area contributed by atoms with Crippen LogP contribution >= 0.6 is 0 Å². The van der Waals surface area contributed by atoms with E-state index < -0.39 is 15.9 Å². The molecule has 2 rings (SSSR count). The Morgan fingerprint density at radius 3 is 2.32 bits per heavy atom. The average molecular weight is 405 g/mol. The Morgan fingerprint density at radius 2 is 1.71 bits per heavy atom. The minimum absolute atomic E-state index is 0.0640. The van der Waals surface area contributed by atoms with E-state index in [1.54, 1.807) is 0 Å². The zero-order chi connectivity index (χ0) is 20.7. The van der Waals surface area contributed by atoms with Crippen LogP contribution in [-0.4, -0.2) is 52.3 Å². The lowest BCUT2D eigenvalue weighted by Gasteiger charge is -2.16. The Morgan fingerprint density at radius 1 is 1.04 bits per heavy atom. The third-order valence-corrected chi connectivity index (χ3v) is 5.70. The monoisotopic (exact) mass is 405 g/mol. The molecule has 0 saturated carbocycles. The third-order valence-electron chi connectivity index (χ3n) is 3.86. The second-order valence-electron chi connectivity index (χ2n) is 6.14. The van der Waals surface area contributed by atoms with E-state index in [0.29, 0.717) is 0 Å². The number of ether oxygens (including phenoxy) is 1. The van der Waals surface area contributed by atoms with Gasteiger partial charge in [-0.05, 0) is 23.8 Å². The van der Waals surface area contributed by atoms with Crippen molar-refractivity contribution in [3.63, 3.8) is 0 Å². The summed E-state index contributed by atoms with van der Waals surface area (Å²) in [6.07, 6.45) is 0.169. The Balaban J connectivity index is 2.01. The molecule has 0 heterocycles. The van der Waals surface area contributed by atoms with Crippen LogP contribution < -0.4 is 15.4 Å². The zero-order valence-electron chi connectivity index (χ0n) is 15.9. The number of rotatable bonds is 8. The molecule has 2 aromatic rings. The molecule has 28 heavy (non-hydrogen) atoms. The molecular weight excluding hydrogens is 382 g/mol. The number of anilines is 1. The highest BCUT2D eigenvalue weighted by atomic mass is 32.2. The van der Waals surface area contributed by atoms with E-state index in [4.69, 9.17) is 4.74 Å². The summed E-state index contributed by atoms with van der Waals surface area (Å²) in [5.74, 6) is -0.588. The number of hydrogen-bond acceptors (Lipinski definition) is 5. The molecule has 0 spiro atoms. The molecule has 0 saturated heterocycles. The van der Waals surface area contributed by atoms with Crippen molar-refractivity contribution < 1.29 is 22.7 Å². The summed E-state index contributed by atoms with van der Waals surface area (Å²) < 4.78 is 31.0. The predicted octanol–water partition coefficient (Wildman–Crippen LogP) is 1.24. The summed E-state index contributed by atoms with van der Waals surface area (Å²) in [4.78, 5) is 24.0. The van der Waals surface area contributed by atoms with Crippen molar-refractivity contribution in [2.24, 2.45) is 0 Å². The molecule has 0 atom stereocenters. The minimum atomic E-state index is -3.75. The number of carbonyl (C=O) groups excluding carboxylic acids is 2. The SMILES string of the molecule is COc1ccc(NC(=O)CNC(=O)Cc2ccccc2)cc1S(=O)(=O)N(C)C. The van der Waals surface area contributed by atoms with E-state index in [0.717, 1.165) is 9.87 Å². The number of carbonyl (C=O) groups is 2. The average Bonchev–Trinajstić information content (AvgIpc) is 2.67. The van der Waals surface area contributed by atoms with Gasteiger partial charge in [-0.25, -0.2) is 12.7 Å². The van der Waals surface area contributed by atoms with Crippen molar-refractivity contribution in [3.8, 4) is 5.75 Å². The van der Waals surface area contributed by atoms with Crippen LogP contribution in [0.2, 0.25) is 0 Å². The first kappa shape index (κ1) is 21.4. The fourth-order valence-corrected chi connectivity index (χ4v) is 3.46. The van der Waals surface area contributed by atoms with Gasteiger partial charge in [-0.2, -0.15) is 0 Å². The molecule has 0 fully saturated rings. The van der Waals surface area contributed by atoms with Crippen LogP contribution in [0.4, 0.5) is 5.69 Å². The first-order valence-electron chi connectivity index (χ1n) is 8.45. The molecule has 0 bridgehead atoms. The maximum absolute atomic E-state index is 12.4. The lowest BCUT2D eigenvalue weighted by Crippen LogP contribution is -2.33. The number of sulfonamides is 1. The van der Waals surface area contributed by atoms with Gasteiger partial charge in [0, 0.05) is 19.8 Å². The molecule has 2 aromatic carbocycles. The molecule has 0 aliphatic heterocycles. The number of amides is 2. The Labute approximate surface area is 164 Å². The summed E-state index contributed by atoms with van der Waals surface area (Å²) >= 11 is 0. The predicted molar refractivity (Wildman–Crippen MR) is 106 cm³/mol. The zero-order valence-corrected chi connectivity index (χ0v) is 16.7. The highest BCUT2D eigenvalue weighted by Crippen LogP contribution is 2.28. The molecule has 0 aromatic heterocycles. The van der Waals surface area contributed by atoms with E-state index in [2.05, 4.69) is 10.6 Å². The van der Waals surface area contributed by atoms with Gasteiger partial charge in [0.25, 0.3) is 0 Å². The van der Waals surface area contributed by atoms with E-state index >= 15 is 0 Å². The van der Waals surface area contributed by atoms with Crippen molar-refractivity contribution in [3.05, 3.63) is 54.1 Å². The topological polar surface area (TPSA) is 105 Å². The second-order valence-corrected chi connectivity index (χ2v) is 8.26. The van der Waals surface area contributed by atoms with E-state index in [9.17, 15) is 18.0 Å². The molecule has 8 nitrogen and oxygen atoms in total. The smallest absolute Gasteiger partial charge is 0.246 e. The quantitative estimate of drug-likeness (QED) is 0.688. The molecule has 0 aliphatic rings. The van der Waals surface area contributed by atoms with E-state index in [-0.39, 0.29) is 35.2 Å². The Kier molecular flexibility index (Phi) is 7.13. The van der Waals surface area contributed by atoms with Crippen LogP contribution in [0.5, 0.6) is 5.75 Å². The van der Waals surface area contributed by atoms with Gasteiger partial charge in [-0.15, -0.1) is 0 Å². The first-order valence-corrected chi connectivity index (χ1v) is 9.89. The largest absolute Gasteiger partial charge is 0.495 e. The van der Waals surface area contributed by atoms with Crippen molar-refractivity contribution >= 4 is 27.5 Å². The van der Waals surface area contributed by atoms with Gasteiger partial charge in [0.05, 0.1) is 20.1 Å². The number of benzene rings is 2. The summed E-state index contributed by atoms with van der Waals surface area (Å²) in [6, 6.07) is 13.5. The number of hydrogen-bond donors (Lipinski definition) is 2. The summed E-state index contributed by atoms with van der Waals surface area (Å²) in [7, 11) is 0.425. The van der Waals surface area contributed by atoms with E-state index in [1.807, 2.05) is 30.3 Å². The molecule has 0 unspecified atom stereocenters. The highest BCUT2D eigenvalue weighted by Gasteiger charge is 2.23. The Bertz CT molecular complexity index is 943. The van der Waals surface area contributed by atoms with Crippen LogP contribution in [0.15, 0.2) is 53.4 Å². The van der Waals surface area contributed by atoms with Crippen LogP contribution in [-0.2, 0) is 26.0 Å². The van der Waals surface area contributed by atoms with Crippen LogP contribution in [0, 0.1) is 0 Å². The molecule has 0 aliphatic carbocycles. The van der Waals surface area contributed by atoms with Crippen LogP contribution in [0.1, 0.15) is 5.56 Å². The standard InChI is InChI=1S/C19H23N3O5S/c1-22(2)28(25,26)17-12-15(9-10-16(17)27-3)21-19(24)13-20-18(23)11-14-7-5-4-6-8-14/h4-10,12H,11,13H2,1-3H3,(H,20,23)(H,21,24). The fraction of sp³-hybridized carbons (Fsp3) is 0.263. The van der Waals surface area contributed by atoms with Crippen molar-refractivity contribution in [2.75, 3.05) is 33.1 Å². The first-order chi connectivity index (χ1) is 13.2. The van der Waals surface area contributed by atoms with Gasteiger partial charge in [-0.3, -0.25) is 9.59 Å². The molecule has 150 valence electrons. The maximum atomic E-state index is 12.4. The minimum Gasteiger partial charge on any atom is -0.495 e. The molecule has 0 radical (unpaired) electrons. The molecular formula is C19H23N3O5S. The lowest BCUT2D eigenvalue weighted by atomic mass is 10.1. The fourth-order valence-electron chi connectivity index (χ4n) is 2.38. The number of nitrogens with one attached hydrogen (secondary N) is 2.